The maximum absolute atomic E-state index is 12.1. The van der Waals surface area contributed by atoms with Gasteiger partial charge in [-0.2, -0.15) is 0 Å². The number of primary amides is 1. The van der Waals surface area contributed by atoms with Crippen molar-refractivity contribution in [3.8, 4) is 11.5 Å². The molecule has 1 aliphatic heterocycles. The molecule has 0 atom stereocenters. The maximum atomic E-state index is 12.1. The summed E-state index contributed by atoms with van der Waals surface area (Å²) < 4.78 is 34.5. The lowest BCUT2D eigenvalue weighted by atomic mass is 9.96. The van der Waals surface area contributed by atoms with E-state index in [-0.39, 0.29) is 28.2 Å². The van der Waals surface area contributed by atoms with Crippen molar-refractivity contribution in [3.05, 3.63) is 12.1 Å². The molecule has 1 heterocycles. The molecule has 0 bridgehead atoms. The number of carbonyl (C=O) groups excluding carboxylic acids is 1. The molecule has 1 fully saturated rings. The van der Waals surface area contributed by atoms with Gasteiger partial charge in [-0.1, -0.05) is 0 Å². The molecule has 1 saturated heterocycles. The van der Waals surface area contributed by atoms with Gasteiger partial charge in [0.2, 0.25) is 15.9 Å². The molecule has 128 valence electrons. The van der Waals surface area contributed by atoms with Crippen LogP contribution in [0.15, 0.2) is 17.0 Å². The zero-order chi connectivity index (χ0) is 17.2. The van der Waals surface area contributed by atoms with Gasteiger partial charge in [-0.05, 0) is 25.0 Å². The second-order valence-corrected chi connectivity index (χ2v) is 6.86. The number of hydrogen-bond acceptors (Lipinski definition) is 6. The Labute approximate surface area is 135 Å². The molecule has 9 heteroatoms. The summed E-state index contributed by atoms with van der Waals surface area (Å²) in [6.07, 6.45) is 1.13. The van der Waals surface area contributed by atoms with Crippen LogP contribution >= 0.6 is 0 Å². The molecule has 1 amide bonds. The van der Waals surface area contributed by atoms with Gasteiger partial charge in [-0.3, -0.25) is 4.79 Å². The van der Waals surface area contributed by atoms with Crippen LogP contribution in [0.2, 0.25) is 0 Å². The van der Waals surface area contributed by atoms with Crippen LogP contribution in [-0.2, 0) is 14.8 Å². The Hall–Kier alpha value is -2.00. The van der Waals surface area contributed by atoms with E-state index < -0.39 is 10.0 Å². The first-order chi connectivity index (χ1) is 10.8. The lowest BCUT2D eigenvalue weighted by Crippen LogP contribution is -2.39. The Kier molecular flexibility index (Phi) is 5.00. The average Bonchev–Trinajstić information content (AvgIpc) is 2.52. The number of anilines is 1. The lowest BCUT2D eigenvalue weighted by Gasteiger charge is -2.33. The molecule has 0 radical (unpaired) electrons. The number of rotatable bonds is 5. The second kappa shape index (κ2) is 6.63. The number of primary sulfonamides is 1. The van der Waals surface area contributed by atoms with Crippen LogP contribution in [0.5, 0.6) is 11.5 Å². The van der Waals surface area contributed by atoms with Crippen molar-refractivity contribution < 1.29 is 22.7 Å². The molecular weight excluding hydrogens is 322 g/mol. The minimum atomic E-state index is -4.03. The van der Waals surface area contributed by atoms with Crippen LogP contribution in [-0.4, -0.2) is 41.6 Å². The van der Waals surface area contributed by atoms with Crippen molar-refractivity contribution in [2.75, 3.05) is 32.2 Å². The highest BCUT2D eigenvalue weighted by Gasteiger charge is 2.30. The standard InChI is InChI=1S/C14H21N3O5S/c1-21-11-4-3-10(13(12(11)22-2)23(16,19)20)17-7-5-9(6-8-17)14(15)18/h3-4,9H,5-8H2,1-2H3,(H2,15,18)(H2,16,19,20). The largest absolute Gasteiger partial charge is 0.493 e. The number of amides is 1. The first-order valence-corrected chi connectivity index (χ1v) is 8.66. The zero-order valence-electron chi connectivity index (χ0n) is 13.1. The molecule has 1 aliphatic rings. The van der Waals surface area contributed by atoms with Gasteiger partial charge in [0.25, 0.3) is 0 Å². The van der Waals surface area contributed by atoms with E-state index in [2.05, 4.69) is 0 Å². The van der Waals surface area contributed by atoms with E-state index in [9.17, 15) is 13.2 Å². The van der Waals surface area contributed by atoms with Crippen LogP contribution in [0.1, 0.15) is 12.8 Å². The van der Waals surface area contributed by atoms with Crippen molar-refractivity contribution in [3.63, 3.8) is 0 Å². The molecule has 0 aromatic heterocycles. The highest BCUT2D eigenvalue weighted by Crippen LogP contribution is 2.41. The molecular formula is C14H21N3O5S. The Morgan fingerprint density at radius 2 is 1.83 bits per heavy atom. The van der Waals surface area contributed by atoms with E-state index in [1.54, 1.807) is 12.1 Å². The van der Waals surface area contributed by atoms with Crippen LogP contribution in [0.25, 0.3) is 0 Å². The first kappa shape index (κ1) is 17.4. The molecule has 1 aromatic carbocycles. The molecule has 1 aromatic rings. The van der Waals surface area contributed by atoms with Gasteiger partial charge in [0.05, 0.1) is 19.9 Å². The fraction of sp³-hybridized carbons (Fsp3) is 0.500. The summed E-state index contributed by atoms with van der Waals surface area (Å²) in [5.41, 5.74) is 5.76. The Balaban J connectivity index is 2.45. The smallest absolute Gasteiger partial charge is 0.243 e. The Morgan fingerprint density at radius 1 is 1.22 bits per heavy atom. The molecule has 0 aliphatic carbocycles. The summed E-state index contributed by atoms with van der Waals surface area (Å²) in [5.74, 6) is -0.162. The molecule has 2 rings (SSSR count). The van der Waals surface area contributed by atoms with Gasteiger partial charge < -0.3 is 20.1 Å². The number of methoxy groups -OCH3 is 2. The van der Waals surface area contributed by atoms with E-state index in [0.717, 1.165) is 0 Å². The number of ether oxygens (including phenoxy) is 2. The Morgan fingerprint density at radius 3 is 2.26 bits per heavy atom. The topological polar surface area (TPSA) is 125 Å². The predicted octanol–water partition coefficient (Wildman–Crippen LogP) is 0.0529. The van der Waals surface area contributed by atoms with Gasteiger partial charge in [0.1, 0.15) is 0 Å². The van der Waals surface area contributed by atoms with Gasteiger partial charge in [-0.15, -0.1) is 0 Å². The zero-order valence-corrected chi connectivity index (χ0v) is 13.9. The van der Waals surface area contributed by atoms with Crippen molar-refractivity contribution in [1.29, 1.82) is 0 Å². The van der Waals surface area contributed by atoms with Gasteiger partial charge in [-0.25, -0.2) is 13.6 Å². The van der Waals surface area contributed by atoms with Gasteiger partial charge >= 0.3 is 0 Å². The number of nitrogens with two attached hydrogens (primary N) is 2. The quantitative estimate of drug-likeness (QED) is 0.778. The summed E-state index contributed by atoms with van der Waals surface area (Å²) in [6.45, 7) is 1.01. The molecule has 0 unspecified atom stereocenters. The average molecular weight is 343 g/mol. The normalized spacial score (nSPS) is 16.2. The van der Waals surface area contributed by atoms with E-state index >= 15 is 0 Å². The minimum absolute atomic E-state index is 0.0736. The van der Waals surface area contributed by atoms with E-state index in [4.69, 9.17) is 20.3 Å². The summed E-state index contributed by atoms with van der Waals surface area (Å²) in [6, 6.07) is 3.26. The summed E-state index contributed by atoms with van der Waals surface area (Å²) in [4.78, 5) is 13.0. The summed E-state index contributed by atoms with van der Waals surface area (Å²) in [7, 11) is -1.25. The third-order valence-electron chi connectivity index (χ3n) is 4.00. The lowest BCUT2D eigenvalue weighted by molar-refractivity contribution is -0.122. The molecule has 8 nitrogen and oxygen atoms in total. The minimum Gasteiger partial charge on any atom is -0.493 e. The number of carbonyl (C=O) groups is 1. The highest BCUT2D eigenvalue weighted by molar-refractivity contribution is 7.89. The second-order valence-electron chi connectivity index (χ2n) is 5.36. The van der Waals surface area contributed by atoms with E-state index in [1.807, 2.05) is 4.90 Å². The number of sulfonamides is 1. The van der Waals surface area contributed by atoms with Crippen LogP contribution in [0.4, 0.5) is 5.69 Å². The predicted molar refractivity (Wildman–Crippen MR) is 85.1 cm³/mol. The third-order valence-corrected chi connectivity index (χ3v) is 4.97. The third kappa shape index (κ3) is 3.50. The molecule has 0 saturated carbocycles. The number of benzene rings is 1. The van der Waals surface area contributed by atoms with E-state index in [0.29, 0.717) is 31.6 Å². The SMILES string of the molecule is COc1ccc(N2CCC(C(N)=O)CC2)c(S(N)(=O)=O)c1OC. The van der Waals surface area contributed by atoms with Crippen LogP contribution < -0.4 is 25.2 Å². The van der Waals surface area contributed by atoms with E-state index in [1.165, 1.54) is 14.2 Å². The summed E-state index contributed by atoms with van der Waals surface area (Å²) >= 11 is 0. The monoisotopic (exact) mass is 343 g/mol. The molecule has 0 spiro atoms. The van der Waals surface area contributed by atoms with Crippen molar-refractivity contribution in [1.82, 2.24) is 0 Å². The van der Waals surface area contributed by atoms with Crippen molar-refractivity contribution >= 4 is 21.6 Å². The van der Waals surface area contributed by atoms with Crippen molar-refractivity contribution in [2.45, 2.75) is 17.7 Å². The van der Waals surface area contributed by atoms with Crippen LogP contribution in [0.3, 0.4) is 0 Å². The van der Waals surface area contributed by atoms with Crippen molar-refractivity contribution in [2.24, 2.45) is 16.8 Å². The van der Waals surface area contributed by atoms with Gasteiger partial charge in [0.15, 0.2) is 16.4 Å². The van der Waals surface area contributed by atoms with Crippen LogP contribution in [0, 0.1) is 5.92 Å². The van der Waals surface area contributed by atoms with Gasteiger partial charge in [0, 0.05) is 19.0 Å². The Bertz CT molecular complexity index is 697. The highest BCUT2D eigenvalue weighted by atomic mass is 32.2. The fourth-order valence-electron chi connectivity index (χ4n) is 2.82. The first-order valence-electron chi connectivity index (χ1n) is 7.11. The molecule has 4 N–H and O–H groups in total. The number of piperidine rings is 1. The number of hydrogen-bond donors (Lipinski definition) is 2. The molecule has 23 heavy (non-hydrogen) atoms. The fourth-order valence-corrected chi connectivity index (χ4v) is 3.75. The number of nitrogens with zero attached hydrogens (tertiary/aromatic N) is 1. The maximum Gasteiger partial charge on any atom is 0.243 e. The summed E-state index contributed by atoms with van der Waals surface area (Å²) in [5, 5.41) is 5.38.